The summed E-state index contributed by atoms with van der Waals surface area (Å²) in [6, 6.07) is 4.42. The molecule has 3 rings (SSSR count). The van der Waals surface area contributed by atoms with Crippen LogP contribution in [0.25, 0.3) is 11.4 Å². The first-order chi connectivity index (χ1) is 14.8. The van der Waals surface area contributed by atoms with Crippen LogP contribution in [-0.4, -0.2) is 69.7 Å². The van der Waals surface area contributed by atoms with Gasteiger partial charge >= 0.3 is 0 Å². The van der Waals surface area contributed by atoms with Crippen molar-refractivity contribution in [1.29, 1.82) is 0 Å². The van der Waals surface area contributed by atoms with Crippen LogP contribution in [0.1, 0.15) is 59.3 Å². The van der Waals surface area contributed by atoms with E-state index in [0.29, 0.717) is 24.2 Å². The molecule has 1 aliphatic heterocycles. The van der Waals surface area contributed by atoms with Gasteiger partial charge in [0.1, 0.15) is 5.60 Å². The Balaban J connectivity index is 0.000000423. The van der Waals surface area contributed by atoms with Crippen LogP contribution in [0, 0.1) is 0 Å². The molecule has 0 saturated carbocycles. The number of hydrogen-bond acceptors (Lipinski definition) is 8. The van der Waals surface area contributed by atoms with Gasteiger partial charge in [-0.3, -0.25) is 14.7 Å². The van der Waals surface area contributed by atoms with E-state index in [4.69, 9.17) is 4.52 Å². The maximum absolute atomic E-state index is 9.60. The lowest BCUT2D eigenvalue weighted by Gasteiger charge is -2.36. The number of unbranched alkanes of at least 4 members (excludes halogenated alkanes) is 1. The van der Waals surface area contributed by atoms with Gasteiger partial charge in [0.05, 0.1) is 6.54 Å². The number of likely N-dealkylation sites (tertiary alicyclic amines) is 1. The molecule has 8 heteroatoms. The Hall–Kier alpha value is -2.32. The molecule has 0 spiro atoms. The summed E-state index contributed by atoms with van der Waals surface area (Å²) in [6.07, 6.45) is 8.33. The molecule has 0 N–H and O–H groups in total. The third kappa shape index (κ3) is 9.14. The zero-order valence-corrected chi connectivity index (χ0v) is 19.6. The highest BCUT2D eigenvalue weighted by atomic mass is 16.5. The Morgan fingerprint density at radius 1 is 1.26 bits per heavy atom. The summed E-state index contributed by atoms with van der Waals surface area (Å²) in [5.41, 5.74) is 0.626. The van der Waals surface area contributed by atoms with Crippen molar-refractivity contribution in [3.05, 3.63) is 30.4 Å². The van der Waals surface area contributed by atoms with Crippen LogP contribution in [-0.2, 0) is 16.1 Å². The number of nitrogens with zero attached hydrogens (tertiary/aromatic N) is 5. The number of carbonyl (C=O) groups excluding carboxylic acids is 1. The lowest BCUT2D eigenvalue weighted by Crippen LogP contribution is -2.43. The molecule has 3 heterocycles. The molecule has 1 aliphatic rings. The van der Waals surface area contributed by atoms with E-state index in [-0.39, 0.29) is 5.60 Å². The van der Waals surface area contributed by atoms with Gasteiger partial charge in [0, 0.05) is 24.0 Å². The zero-order valence-electron chi connectivity index (χ0n) is 19.6. The van der Waals surface area contributed by atoms with Gasteiger partial charge < -0.3 is 14.2 Å². The molecule has 172 valence electrons. The molecule has 0 aromatic carbocycles. The molecule has 0 amide bonds. The first-order valence-corrected chi connectivity index (χ1v) is 11.1. The van der Waals surface area contributed by atoms with Crippen LogP contribution >= 0.6 is 0 Å². The summed E-state index contributed by atoms with van der Waals surface area (Å²) in [5.74, 6) is 1.35. The van der Waals surface area contributed by atoms with Crippen LogP contribution < -0.4 is 0 Å². The number of rotatable bonds is 8. The van der Waals surface area contributed by atoms with E-state index in [1.807, 2.05) is 32.9 Å². The Morgan fingerprint density at radius 2 is 1.94 bits per heavy atom. The van der Waals surface area contributed by atoms with Crippen molar-refractivity contribution >= 4 is 6.47 Å². The summed E-state index contributed by atoms with van der Waals surface area (Å²) in [6.45, 7) is 12.3. The molecular weight excluding hydrogens is 394 g/mol. The predicted octanol–water partition coefficient (Wildman–Crippen LogP) is 3.79. The number of pyridine rings is 1. The highest BCUT2D eigenvalue weighted by Gasteiger charge is 2.24. The Labute approximate surface area is 186 Å². The van der Waals surface area contributed by atoms with E-state index in [1.54, 1.807) is 12.4 Å². The standard InChI is InChI=1S/C18H27N5O.C5H10O2/c1-3-4-11-23(16-7-12-22(2)13-8-16)14-17-20-18(21-24-17)15-5-9-19-10-6-15;1-5(2,3)7-4-6/h5-6,9-10,16H,3-4,7-8,11-14H2,1-2H3;4H,1-3H3. The van der Waals surface area contributed by atoms with E-state index in [9.17, 15) is 4.79 Å². The maximum atomic E-state index is 9.60. The number of piperidine rings is 1. The van der Waals surface area contributed by atoms with Crippen LogP contribution in [0.3, 0.4) is 0 Å². The molecule has 2 aromatic rings. The largest absolute Gasteiger partial charge is 0.462 e. The van der Waals surface area contributed by atoms with Crippen molar-refractivity contribution in [2.45, 2.75) is 71.6 Å². The number of hydrogen-bond donors (Lipinski definition) is 0. The van der Waals surface area contributed by atoms with E-state index in [1.165, 1.54) is 38.8 Å². The van der Waals surface area contributed by atoms with Crippen LogP contribution in [0.2, 0.25) is 0 Å². The fourth-order valence-electron chi connectivity index (χ4n) is 3.37. The molecule has 0 bridgehead atoms. The Kier molecular flexibility index (Phi) is 10.1. The highest BCUT2D eigenvalue weighted by Crippen LogP contribution is 2.20. The molecule has 31 heavy (non-hydrogen) atoms. The van der Waals surface area contributed by atoms with Crippen LogP contribution in [0.5, 0.6) is 0 Å². The second-order valence-corrected chi connectivity index (χ2v) is 8.93. The Morgan fingerprint density at radius 3 is 2.48 bits per heavy atom. The second kappa shape index (κ2) is 12.5. The van der Waals surface area contributed by atoms with Gasteiger partial charge in [0.15, 0.2) is 0 Å². The summed E-state index contributed by atoms with van der Waals surface area (Å²) < 4.78 is 10.1. The summed E-state index contributed by atoms with van der Waals surface area (Å²) in [5, 5.41) is 4.13. The lowest BCUT2D eigenvalue weighted by atomic mass is 10.0. The van der Waals surface area contributed by atoms with Gasteiger partial charge in [-0.1, -0.05) is 18.5 Å². The van der Waals surface area contributed by atoms with Crippen LogP contribution in [0.15, 0.2) is 29.0 Å². The van der Waals surface area contributed by atoms with Crippen molar-refractivity contribution in [3.8, 4) is 11.4 Å². The van der Waals surface area contributed by atoms with Crippen LogP contribution in [0.4, 0.5) is 0 Å². The highest BCUT2D eigenvalue weighted by molar-refractivity contribution is 5.52. The van der Waals surface area contributed by atoms with Gasteiger partial charge in [-0.05, 0) is 78.8 Å². The first-order valence-electron chi connectivity index (χ1n) is 11.1. The molecular formula is C23H37N5O3. The monoisotopic (exact) mass is 431 g/mol. The zero-order chi connectivity index (χ0) is 22.7. The normalized spacial score (nSPS) is 15.4. The van der Waals surface area contributed by atoms with Gasteiger partial charge in [-0.25, -0.2) is 0 Å². The topological polar surface area (TPSA) is 84.6 Å². The molecule has 8 nitrogen and oxygen atoms in total. The van der Waals surface area contributed by atoms with Crippen molar-refractivity contribution < 1.29 is 14.1 Å². The average molecular weight is 432 g/mol. The van der Waals surface area contributed by atoms with E-state index >= 15 is 0 Å². The van der Waals surface area contributed by atoms with Gasteiger partial charge in [0.2, 0.25) is 11.7 Å². The molecule has 1 fully saturated rings. The fourth-order valence-corrected chi connectivity index (χ4v) is 3.37. The smallest absolute Gasteiger partial charge is 0.293 e. The minimum Gasteiger partial charge on any atom is -0.462 e. The average Bonchev–Trinajstić information content (AvgIpc) is 3.21. The quantitative estimate of drug-likeness (QED) is 0.584. The molecule has 0 atom stereocenters. The number of aromatic nitrogens is 3. The van der Waals surface area contributed by atoms with Crippen molar-refractivity contribution in [1.82, 2.24) is 24.9 Å². The van der Waals surface area contributed by atoms with Crippen molar-refractivity contribution in [2.24, 2.45) is 0 Å². The lowest BCUT2D eigenvalue weighted by molar-refractivity contribution is -0.138. The molecule has 2 aromatic heterocycles. The van der Waals surface area contributed by atoms with E-state index in [0.717, 1.165) is 18.7 Å². The van der Waals surface area contributed by atoms with Gasteiger partial charge in [-0.2, -0.15) is 4.98 Å². The minimum absolute atomic E-state index is 0.318. The fraction of sp³-hybridized carbons (Fsp3) is 0.652. The number of carbonyl (C=O) groups is 1. The van der Waals surface area contributed by atoms with E-state index in [2.05, 4.69) is 43.6 Å². The third-order valence-electron chi connectivity index (χ3n) is 5.15. The molecule has 0 aliphatic carbocycles. The summed E-state index contributed by atoms with van der Waals surface area (Å²) in [7, 11) is 2.20. The molecule has 0 radical (unpaired) electrons. The van der Waals surface area contributed by atoms with E-state index < -0.39 is 0 Å². The third-order valence-corrected chi connectivity index (χ3v) is 5.15. The van der Waals surface area contributed by atoms with Crippen molar-refractivity contribution in [2.75, 3.05) is 26.7 Å². The maximum Gasteiger partial charge on any atom is 0.293 e. The SMILES string of the molecule is CC(C)(C)OC=O.CCCCN(Cc1nc(-c2ccncc2)no1)C1CCN(C)CC1. The molecule has 0 unspecified atom stereocenters. The number of ether oxygens (including phenoxy) is 1. The Bertz CT molecular complexity index is 752. The summed E-state index contributed by atoms with van der Waals surface area (Å²) in [4.78, 5) is 23.1. The summed E-state index contributed by atoms with van der Waals surface area (Å²) >= 11 is 0. The first kappa shape index (κ1) is 24.9. The second-order valence-electron chi connectivity index (χ2n) is 8.93. The molecule has 1 saturated heterocycles. The minimum atomic E-state index is -0.318. The van der Waals surface area contributed by atoms with Gasteiger partial charge in [-0.15, -0.1) is 0 Å². The predicted molar refractivity (Wildman–Crippen MR) is 120 cm³/mol. The van der Waals surface area contributed by atoms with Crippen molar-refractivity contribution in [3.63, 3.8) is 0 Å². The van der Waals surface area contributed by atoms with Gasteiger partial charge in [0.25, 0.3) is 6.47 Å².